The Bertz CT molecular complexity index is 1010. The highest BCUT2D eigenvalue weighted by molar-refractivity contribution is 5.70. The summed E-state index contributed by atoms with van der Waals surface area (Å²) in [5, 5.41) is 0. The molecule has 3 aliphatic rings. The number of likely N-dealkylation sites (tertiary alicyclic amines) is 1. The van der Waals surface area contributed by atoms with Crippen molar-refractivity contribution in [3.8, 4) is 0 Å². The number of H-pyrrole nitrogens is 1. The van der Waals surface area contributed by atoms with Crippen molar-refractivity contribution in [1.29, 1.82) is 0 Å². The van der Waals surface area contributed by atoms with Crippen LogP contribution in [0.4, 0.5) is 17.6 Å². The minimum atomic E-state index is -4.37. The largest absolute Gasteiger partial charge is 0.396 e. The number of nitrogens with zero attached hydrogens (tertiary/aromatic N) is 2. The first-order valence-corrected chi connectivity index (χ1v) is 10.1. The Morgan fingerprint density at radius 1 is 1.19 bits per heavy atom. The van der Waals surface area contributed by atoms with Crippen LogP contribution in [0.25, 0.3) is 5.70 Å². The molecule has 2 fully saturated rings. The Kier molecular flexibility index (Phi) is 5.51. The van der Waals surface area contributed by atoms with E-state index < -0.39 is 59.4 Å². The summed E-state index contributed by atoms with van der Waals surface area (Å²) in [5.74, 6) is -2.14. The van der Waals surface area contributed by atoms with Crippen molar-refractivity contribution in [2.24, 2.45) is 23.3 Å². The van der Waals surface area contributed by atoms with E-state index in [0.717, 1.165) is 0 Å². The standard InChI is InChI=1S/C19H25F4N5O3/c1-31-16-14-11(17(29)26-18(30)28(14)10-2-3-10)13(25)12(20)15(16)27-6-8(4-19(21,22)23)9(5-24)7-27/h8-10,15-16H,2-7,24-25H2,1H3,(H,26,29,30). The van der Waals surface area contributed by atoms with Crippen LogP contribution >= 0.6 is 0 Å². The predicted molar refractivity (Wildman–Crippen MR) is 104 cm³/mol. The summed E-state index contributed by atoms with van der Waals surface area (Å²) >= 11 is 0. The number of nitrogens with two attached hydrogens (primary N) is 2. The van der Waals surface area contributed by atoms with Gasteiger partial charge >= 0.3 is 11.9 Å². The second-order valence-electron chi connectivity index (χ2n) is 8.51. The molecule has 172 valence electrons. The number of aromatic nitrogens is 2. The number of halogens is 4. The lowest BCUT2D eigenvalue weighted by Crippen LogP contribution is -2.48. The van der Waals surface area contributed by atoms with Gasteiger partial charge in [-0.3, -0.25) is 19.2 Å². The molecule has 5 N–H and O–H groups in total. The average Bonchev–Trinajstić information content (AvgIpc) is 3.43. The number of ether oxygens (including phenoxy) is 1. The van der Waals surface area contributed by atoms with Gasteiger partial charge in [0.25, 0.3) is 5.56 Å². The lowest BCUT2D eigenvalue weighted by atomic mass is 9.91. The second-order valence-corrected chi connectivity index (χ2v) is 8.51. The summed E-state index contributed by atoms with van der Waals surface area (Å²) in [6.07, 6.45) is -5.07. The maximum atomic E-state index is 15.5. The Hall–Kier alpha value is -2.18. The first-order chi connectivity index (χ1) is 14.6. The lowest BCUT2D eigenvalue weighted by Gasteiger charge is -2.38. The molecule has 4 atom stereocenters. The van der Waals surface area contributed by atoms with Crippen LogP contribution in [0.3, 0.4) is 0 Å². The number of hydrogen-bond donors (Lipinski definition) is 3. The molecule has 0 aromatic carbocycles. The number of aromatic amines is 1. The Balaban J connectivity index is 1.79. The molecule has 1 aromatic heterocycles. The molecular formula is C19H25F4N5O3. The zero-order valence-corrected chi connectivity index (χ0v) is 16.9. The maximum absolute atomic E-state index is 15.5. The van der Waals surface area contributed by atoms with Gasteiger partial charge in [-0.2, -0.15) is 13.2 Å². The third-order valence-electron chi connectivity index (χ3n) is 6.49. The molecule has 1 aromatic rings. The van der Waals surface area contributed by atoms with Crippen LogP contribution in [-0.4, -0.2) is 53.4 Å². The quantitative estimate of drug-likeness (QED) is 0.580. The zero-order valence-electron chi connectivity index (χ0n) is 16.9. The molecule has 1 aliphatic heterocycles. The van der Waals surface area contributed by atoms with Gasteiger partial charge in [-0.15, -0.1) is 0 Å². The topological polar surface area (TPSA) is 119 Å². The van der Waals surface area contributed by atoms with Gasteiger partial charge in [0, 0.05) is 32.7 Å². The molecule has 0 bridgehead atoms. The van der Waals surface area contributed by atoms with Crippen LogP contribution in [-0.2, 0) is 4.74 Å². The van der Waals surface area contributed by atoms with E-state index in [1.807, 2.05) is 0 Å². The van der Waals surface area contributed by atoms with Gasteiger partial charge in [-0.25, -0.2) is 9.18 Å². The number of hydrogen-bond acceptors (Lipinski definition) is 6. The van der Waals surface area contributed by atoms with E-state index in [9.17, 15) is 22.8 Å². The predicted octanol–water partition coefficient (Wildman–Crippen LogP) is 0.997. The highest BCUT2D eigenvalue weighted by Gasteiger charge is 2.49. The molecule has 1 saturated heterocycles. The average molecular weight is 447 g/mol. The van der Waals surface area contributed by atoms with Gasteiger partial charge in [0.15, 0.2) is 0 Å². The molecule has 4 rings (SSSR count). The van der Waals surface area contributed by atoms with Crippen LogP contribution in [0.15, 0.2) is 15.4 Å². The first kappa shape index (κ1) is 22.0. The number of fused-ring (bicyclic) bond motifs is 1. The van der Waals surface area contributed by atoms with Gasteiger partial charge in [0.1, 0.15) is 11.9 Å². The van der Waals surface area contributed by atoms with E-state index in [1.165, 1.54) is 16.6 Å². The van der Waals surface area contributed by atoms with Crippen LogP contribution in [0, 0.1) is 11.8 Å². The Morgan fingerprint density at radius 3 is 2.39 bits per heavy atom. The van der Waals surface area contributed by atoms with E-state index >= 15 is 4.39 Å². The summed E-state index contributed by atoms with van der Waals surface area (Å²) in [5.41, 5.74) is 9.83. The molecule has 1 saturated carbocycles. The van der Waals surface area contributed by atoms with Crippen LogP contribution < -0.4 is 22.7 Å². The maximum Gasteiger partial charge on any atom is 0.389 e. The second kappa shape index (κ2) is 7.75. The van der Waals surface area contributed by atoms with Crippen molar-refractivity contribution in [1.82, 2.24) is 14.5 Å². The van der Waals surface area contributed by atoms with Crippen molar-refractivity contribution in [2.75, 3.05) is 26.7 Å². The third-order valence-corrected chi connectivity index (χ3v) is 6.49. The van der Waals surface area contributed by atoms with Crippen molar-refractivity contribution in [2.45, 2.75) is 43.6 Å². The normalized spacial score (nSPS) is 29.5. The zero-order chi connectivity index (χ0) is 22.7. The molecular weight excluding hydrogens is 422 g/mol. The van der Waals surface area contributed by atoms with Crippen LogP contribution in [0.1, 0.15) is 42.7 Å². The first-order valence-electron chi connectivity index (χ1n) is 10.1. The molecule has 0 amide bonds. The number of nitrogens with one attached hydrogen (secondary N) is 1. The molecule has 8 nitrogen and oxygen atoms in total. The summed E-state index contributed by atoms with van der Waals surface area (Å²) in [7, 11) is 1.31. The highest BCUT2D eigenvalue weighted by Crippen LogP contribution is 2.45. The smallest absolute Gasteiger partial charge is 0.389 e. The summed E-state index contributed by atoms with van der Waals surface area (Å²) < 4.78 is 61.5. The molecule has 12 heteroatoms. The van der Waals surface area contributed by atoms with Gasteiger partial charge in [0.05, 0.1) is 23.0 Å². The van der Waals surface area contributed by atoms with E-state index in [4.69, 9.17) is 16.2 Å². The lowest BCUT2D eigenvalue weighted by molar-refractivity contribution is -0.146. The van der Waals surface area contributed by atoms with Gasteiger partial charge in [0.2, 0.25) is 0 Å². The molecule has 2 heterocycles. The summed E-state index contributed by atoms with van der Waals surface area (Å²) in [6.45, 7) is 0.0823. The van der Waals surface area contributed by atoms with E-state index in [-0.39, 0.29) is 36.9 Å². The van der Waals surface area contributed by atoms with Gasteiger partial charge < -0.3 is 16.2 Å². The number of alkyl halides is 3. The number of methoxy groups -OCH3 is 1. The minimum absolute atomic E-state index is 0.0193. The molecule has 31 heavy (non-hydrogen) atoms. The van der Waals surface area contributed by atoms with Crippen molar-refractivity contribution >= 4 is 5.70 Å². The van der Waals surface area contributed by atoms with E-state index in [0.29, 0.717) is 12.8 Å². The fourth-order valence-corrected chi connectivity index (χ4v) is 4.95. The van der Waals surface area contributed by atoms with Crippen LogP contribution in [0.2, 0.25) is 0 Å². The molecule has 2 aliphatic carbocycles. The van der Waals surface area contributed by atoms with E-state index in [1.54, 1.807) is 0 Å². The summed E-state index contributed by atoms with van der Waals surface area (Å²) in [4.78, 5) is 28.7. The third kappa shape index (κ3) is 3.80. The summed E-state index contributed by atoms with van der Waals surface area (Å²) in [6, 6.07) is -1.32. The fraction of sp³-hybridized carbons (Fsp3) is 0.684. The van der Waals surface area contributed by atoms with Crippen molar-refractivity contribution in [3.05, 3.63) is 37.9 Å². The van der Waals surface area contributed by atoms with Gasteiger partial charge in [-0.1, -0.05) is 0 Å². The van der Waals surface area contributed by atoms with Gasteiger partial charge in [-0.05, 0) is 31.2 Å². The molecule has 0 radical (unpaired) electrons. The SMILES string of the molecule is COC1c2c(c(=O)[nH]c(=O)n2C2CC2)C(N)=C(F)C1N1CC(CN)C(CC(F)(F)F)C1. The fourth-order valence-electron chi connectivity index (χ4n) is 4.95. The van der Waals surface area contributed by atoms with Crippen molar-refractivity contribution < 1.29 is 22.3 Å². The Morgan fingerprint density at radius 2 is 1.84 bits per heavy atom. The Labute approximate surface area is 174 Å². The molecule has 0 spiro atoms. The van der Waals surface area contributed by atoms with E-state index in [2.05, 4.69) is 4.98 Å². The molecule has 4 unspecified atom stereocenters. The monoisotopic (exact) mass is 447 g/mol. The minimum Gasteiger partial charge on any atom is -0.396 e. The number of rotatable bonds is 5. The van der Waals surface area contributed by atoms with Crippen molar-refractivity contribution in [3.63, 3.8) is 0 Å². The van der Waals surface area contributed by atoms with Crippen LogP contribution in [0.5, 0.6) is 0 Å². The highest BCUT2D eigenvalue weighted by atomic mass is 19.4.